The van der Waals surface area contributed by atoms with Crippen molar-refractivity contribution in [1.82, 2.24) is 10.3 Å². The summed E-state index contributed by atoms with van der Waals surface area (Å²) in [6, 6.07) is 8.29. The van der Waals surface area contributed by atoms with E-state index in [4.69, 9.17) is 32.4 Å². The largest absolute Gasteiger partial charge is 0.479 e. The van der Waals surface area contributed by atoms with E-state index >= 15 is 0 Å². The summed E-state index contributed by atoms with van der Waals surface area (Å²) in [5.41, 5.74) is 0.577. The second kappa shape index (κ2) is 9.30. The third-order valence-electron chi connectivity index (χ3n) is 3.73. The van der Waals surface area contributed by atoms with E-state index in [2.05, 4.69) is 15.6 Å². The van der Waals surface area contributed by atoms with Crippen molar-refractivity contribution in [2.45, 2.75) is 26.5 Å². The van der Waals surface area contributed by atoms with E-state index in [1.54, 1.807) is 42.6 Å². The number of benzene rings is 1. The number of anilines is 1. The molecule has 0 fully saturated rings. The maximum atomic E-state index is 12.4. The fourth-order valence-electron chi connectivity index (χ4n) is 2.29. The van der Waals surface area contributed by atoms with Gasteiger partial charge in [0.25, 0.3) is 5.91 Å². The van der Waals surface area contributed by atoms with Gasteiger partial charge < -0.3 is 14.5 Å². The number of hydrogen-bond donors (Lipinski definition) is 2. The molecule has 7 nitrogen and oxygen atoms in total. The molecule has 1 atom stereocenters. The predicted molar refractivity (Wildman–Crippen MR) is 113 cm³/mol. The lowest BCUT2D eigenvalue weighted by Gasteiger charge is -2.14. The van der Waals surface area contributed by atoms with Crippen LogP contribution in [0, 0.1) is 0 Å². The number of hydrogen-bond acceptors (Lipinski definition) is 6. The number of amides is 2. The second-order valence-corrected chi connectivity index (χ2v) is 7.74. The minimum Gasteiger partial charge on any atom is -0.479 e. The van der Waals surface area contributed by atoms with Gasteiger partial charge >= 0.3 is 0 Å². The number of aromatic nitrogens is 1. The molecule has 29 heavy (non-hydrogen) atoms. The standard InChI is InChI=1S/C19H17Cl2N3O4S/c1-10(27-16-5-3-12(20)7-14(16)21)18(26)24-19-23-15(9-29-19)17-6-4-13(28-17)8-22-11(2)25/h3-7,9-10H,8H2,1-2H3,(H,22,25)(H,23,24,26). The maximum absolute atomic E-state index is 12.4. The first-order chi connectivity index (χ1) is 13.8. The molecule has 2 amide bonds. The Morgan fingerprint density at radius 2 is 2.07 bits per heavy atom. The lowest BCUT2D eigenvalue weighted by molar-refractivity contribution is -0.122. The number of furan rings is 1. The number of carbonyl (C=O) groups is 2. The molecular weight excluding hydrogens is 437 g/mol. The number of ether oxygens (including phenoxy) is 1. The normalized spacial score (nSPS) is 11.7. The first-order valence-corrected chi connectivity index (χ1v) is 10.2. The fraction of sp³-hybridized carbons (Fsp3) is 0.211. The van der Waals surface area contributed by atoms with E-state index in [1.165, 1.54) is 18.3 Å². The maximum Gasteiger partial charge on any atom is 0.266 e. The Morgan fingerprint density at radius 3 is 2.79 bits per heavy atom. The lowest BCUT2D eigenvalue weighted by atomic mass is 10.3. The van der Waals surface area contributed by atoms with Crippen LogP contribution >= 0.6 is 34.5 Å². The summed E-state index contributed by atoms with van der Waals surface area (Å²) in [6.45, 7) is 3.34. The van der Waals surface area contributed by atoms with Gasteiger partial charge in [-0.1, -0.05) is 23.2 Å². The highest BCUT2D eigenvalue weighted by Crippen LogP contribution is 2.29. The molecule has 0 radical (unpaired) electrons. The van der Waals surface area contributed by atoms with Crippen LogP contribution < -0.4 is 15.4 Å². The van der Waals surface area contributed by atoms with Crippen LogP contribution in [0.3, 0.4) is 0 Å². The fourth-order valence-corrected chi connectivity index (χ4v) is 3.44. The summed E-state index contributed by atoms with van der Waals surface area (Å²) in [5.74, 6) is 0.997. The topological polar surface area (TPSA) is 93.5 Å². The monoisotopic (exact) mass is 453 g/mol. The molecule has 0 aliphatic carbocycles. The van der Waals surface area contributed by atoms with Gasteiger partial charge in [-0.2, -0.15) is 0 Å². The Hall–Kier alpha value is -2.55. The van der Waals surface area contributed by atoms with Crippen molar-refractivity contribution in [1.29, 1.82) is 0 Å². The van der Waals surface area contributed by atoms with E-state index in [-0.39, 0.29) is 11.8 Å². The zero-order valence-electron chi connectivity index (χ0n) is 15.5. The van der Waals surface area contributed by atoms with Gasteiger partial charge in [0.15, 0.2) is 17.0 Å². The first-order valence-electron chi connectivity index (χ1n) is 8.53. The number of carbonyl (C=O) groups excluding carboxylic acids is 2. The SMILES string of the molecule is CC(=O)NCc1ccc(-c2csc(NC(=O)C(C)Oc3ccc(Cl)cc3Cl)n2)o1. The summed E-state index contributed by atoms with van der Waals surface area (Å²) in [4.78, 5) is 27.7. The summed E-state index contributed by atoms with van der Waals surface area (Å²) in [6.07, 6.45) is -0.797. The van der Waals surface area contributed by atoms with Crippen LogP contribution in [-0.4, -0.2) is 22.9 Å². The number of nitrogens with one attached hydrogen (secondary N) is 2. The van der Waals surface area contributed by atoms with Gasteiger partial charge in [0.2, 0.25) is 5.91 Å². The molecular formula is C19H17Cl2N3O4S. The highest BCUT2D eigenvalue weighted by Gasteiger charge is 2.18. The van der Waals surface area contributed by atoms with Crippen LogP contribution in [0.5, 0.6) is 5.75 Å². The van der Waals surface area contributed by atoms with Crippen LogP contribution in [0.15, 0.2) is 40.1 Å². The smallest absolute Gasteiger partial charge is 0.266 e. The third-order valence-corrected chi connectivity index (χ3v) is 5.02. The predicted octanol–water partition coefficient (Wildman–Crippen LogP) is 4.75. The van der Waals surface area contributed by atoms with Crippen molar-refractivity contribution in [2.75, 3.05) is 5.32 Å². The van der Waals surface area contributed by atoms with Gasteiger partial charge in [-0.15, -0.1) is 11.3 Å². The molecule has 0 spiro atoms. The van der Waals surface area contributed by atoms with Crippen LogP contribution in [0.4, 0.5) is 5.13 Å². The van der Waals surface area contributed by atoms with Crippen LogP contribution in [0.1, 0.15) is 19.6 Å². The Kier molecular flexibility index (Phi) is 6.79. The quantitative estimate of drug-likeness (QED) is 0.538. The molecule has 1 aromatic carbocycles. The van der Waals surface area contributed by atoms with E-state index < -0.39 is 6.10 Å². The number of halogens is 2. The zero-order valence-corrected chi connectivity index (χ0v) is 17.8. The third kappa shape index (κ3) is 5.72. The molecule has 0 saturated heterocycles. The van der Waals surface area contributed by atoms with Crippen molar-refractivity contribution in [3.8, 4) is 17.2 Å². The summed E-state index contributed by atoms with van der Waals surface area (Å²) < 4.78 is 11.3. The molecule has 0 saturated carbocycles. The molecule has 0 aliphatic heterocycles. The molecule has 1 unspecified atom stereocenters. The summed E-state index contributed by atoms with van der Waals surface area (Å²) >= 11 is 13.2. The minimum atomic E-state index is -0.797. The van der Waals surface area contributed by atoms with Crippen molar-refractivity contribution in [3.63, 3.8) is 0 Å². The van der Waals surface area contributed by atoms with Gasteiger partial charge in [0.1, 0.15) is 17.2 Å². The van der Waals surface area contributed by atoms with Crippen molar-refractivity contribution in [2.24, 2.45) is 0 Å². The van der Waals surface area contributed by atoms with Gasteiger partial charge in [0.05, 0.1) is 11.6 Å². The lowest BCUT2D eigenvalue weighted by Crippen LogP contribution is -2.30. The Bertz CT molecular complexity index is 1030. The molecule has 2 N–H and O–H groups in total. The molecule has 0 bridgehead atoms. The first kappa shape index (κ1) is 21.2. The zero-order chi connectivity index (χ0) is 21.0. The number of nitrogens with zero attached hydrogens (tertiary/aromatic N) is 1. The van der Waals surface area contributed by atoms with E-state index in [0.29, 0.717) is 44.7 Å². The van der Waals surface area contributed by atoms with Crippen molar-refractivity contribution in [3.05, 3.63) is 51.5 Å². The highest BCUT2D eigenvalue weighted by molar-refractivity contribution is 7.14. The Balaban J connectivity index is 1.60. The van der Waals surface area contributed by atoms with E-state index in [9.17, 15) is 9.59 Å². The van der Waals surface area contributed by atoms with E-state index in [1.807, 2.05) is 0 Å². The van der Waals surface area contributed by atoms with Crippen LogP contribution in [0.2, 0.25) is 10.0 Å². The molecule has 2 aromatic heterocycles. The molecule has 3 aromatic rings. The van der Waals surface area contributed by atoms with Gasteiger partial charge in [-0.25, -0.2) is 4.98 Å². The summed E-state index contributed by atoms with van der Waals surface area (Å²) in [7, 11) is 0. The number of thiazole rings is 1. The van der Waals surface area contributed by atoms with Crippen molar-refractivity contribution >= 4 is 51.5 Å². The molecule has 10 heteroatoms. The van der Waals surface area contributed by atoms with Crippen LogP contribution in [0.25, 0.3) is 11.5 Å². The second-order valence-electron chi connectivity index (χ2n) is 6.04. The average molecular weight is 454 g/mol. The van der Waals surface area contributed by atoms with Crippen LogP contribution in [-0.2, 0) is 16.1 Å². The molecule has 2 heterocycles. The molecule has 3 rings (SSSR count). The average Bonchev–Trinajstić information content (AvgIpc) is 3.31. The van der Waals surface area contributed by atoms with Gasteiger partial charge in [-0.05, 0) is 37.3 Å². The van der Waals surface area contributed by atoms with E-state index in [0.717, 1.165) is 0 Å². The molecule has 152 valence electrons. The minimum absolute atomic E-state index is 0.141. The Labute approximate surface area is 181 Å². The highest BCUT2D eigenvalue weighted by atomic mass is 35.5. The van der Waals surface area contributed by atoms with Gasteiger partial charge in [0, 0.05) is 17.3 Å². The number of rotatable bonds is 7. The van der Waals surface area contributed by atoms with Crippen molar-refractivity contribution < 1.29 is 18.7 Å². The summed E-state index contributed by atoms with van der Waals surface area (Å²) in [5, 5.41) is 8.33. The Morgan fingerprint density at radius 1 is 1.28 bits per heavy atom. The molecule has 0 aliphatic rings. The van der Waals surface area contributed by atoms with Gasteiger partial charge in [-0.3, -0.25) is 14.9 Å².